The topological polar surface area (TPSA) is 54.9 Å². The number of hydrogen-bond donors (Lipinski definition) is 2. The molecule has 0 heterocycles. The van der Waals surface area contributed by atoms with Crippen molar-refractivity contribution in [2.75, 3.05) is 41.0 Å². The molecule has 1 aromatic carbocycles. The van der Waals surface area contributed by atoms with E-state index in [9.17, 15) is 0 Å². The quantitative estimate of drug-likeness (QED) is 0.309. The molecule has 7 heteroatoms. The third-order valence-corrected chi connectivity index (χ3v) is 5.30. The highest BCUT2D eigenvalue weighted by molar-refractivity contribution is 14.0. The fraction of sp³-hybridized carbons (Fsp3) is 0.632. The lowest BCUT2D eigenvalue weighted by atomic mass is 9.67. The van der Waals surface area contributed by atoms with Gasteiger partial charge in [-0.15, -0.1) is 24.0 Å². The fourth-order valence-electron chi connectivity index (χ4n) is 3.24. The van der Waals surface area contributed by atoms with E-state index in [1.54, 1.807) is 21.3 Å². The second-order valence-electron chi connectivity index (χ2n) is 6.68. The first kappa shape index (κ1) is 23.5. The normalized spacial score (nSPS) is 17.0. The lowest BCUT2D eigenvalue weighted by molar-refractivity contribution is 0.0730. The molecule has 148 valence electrons. The zero-order valence-electron chi connectivity index (χ0n) is 15.9. The Labute approximate surface area is 179 Å². The van der Waals surface area contributed by atoms with E-state index in [1.807, 2.05) is 24.3 Å². The summed E-state index contributed by atoms with van der Waals surface area (Å²) in [6.07, 6.45) is 4.82. The lowest BCUT2D eigenvalue weighted by Gasteiger charge is -2.42. The Hall–Kier alpha value is -0.570. The highest BCUT2D eigenvalue weighted by Gasteiger charge is 2.36. The van der Waals surface area contributed by atoms with Gasteiger partial charge in [0.1, 0.15) is 0 Å². The van der Waals surface area contributed by atoms with E-state index in [1.165, 1.54) is 19.3 Å². The molecule has 0 aliphatic heterocycles. The van der Waals surface area contributed by atoms with Crippen LogP contribution in [0.5, 0.6) is 0 Å². The molecule has 0 radical (unpaired) electrons. The first-order chi connectivity index (χ1) is 12.1. The Balaban J connectivity index is 0.00000338. The molecule has 1 saturated carbocycles. The molecule has 1 unspecified atom stereocenters. The van der Waals surface area contributed by atoms with E-state index in [0.29, 0.717) is 17.0 Å². The van der Waals surface area contributed by atoms with Gasteiger partial charge in [0.2, 0.25) is 0 Å². The van der Waals surface area contributed by atoms with Crippen LogP contribution in [-0.2, 0) is 9.47 Å². The lowest BCUT2D eigenvalue weighted by Crippen LogP contribution is -2.47. The smallest absolute Gasteiger partial charge is 0.191 e. The Kier molecular flexibility index (Phi) is 10.8. The summed E-state index contributed by atoms with van der Waals surface area (Å²) in [6, 6.07) is 7.75. The number of guanidine groups is 1. The van der Waals surface area contributed by atoms with Crippen LogP contribution in [0.15, 0.2) is 29.3 Å². The molecule has 2 N–H and O–H groups in total. The number of ether oxygens (including phenoxy) is 2. The van der Waals surface area contributed by atoms with Crippen molar-refractivity contribution in [3.63, 3.8) is 0 Å². The monoisotopic (exact) mass is 495 g/mol. The summed E-state index contributed by atoms with van der Waals surface area (Å²) < 4.78 is 10.9. The van der Waals surface area contributed by atoms with Crippen molar-refractivity contribution in [3.8, 4) is 0 Å². The maximum atomic E-state index is 6.08. The van der Waals surface area contributed by atoms with E-state index < -0.39 is 0 Å². The first-order valence-corrected chi connectivity index (χ1v) is 9.22. The van der Waals surface area contributed by atoms with Crippen molar-refractivity contribution in [2.24, 2.45) is 10.4 Å². The predicted molar refractivity (Wildman–Crippen MR) is 119 cm³/mol. The van der Waals surface area contributed by atoms with Gasteiger partial charge in [-0.1, -0.05) is 30.2 Å². The van der Waals surface area contributed by atoms with Gasteiger partial charge in [-0.2, -0.15) is 0 Å². The first-order valence-electron chi connectivity index (χ1n) is 8.84. The molecular weight excluding hydrogens is 465 g/mol. The van der Waals surface area contributed by atoms with Gasteiger partial charge in [0.25, 0.3) is 0 Å². The molecule has 26 heavy (non-hydrogen) atoms. The van der Waals surface area contributed by atoms with Crippen LogP contribution in [0.1, 0.15) is 37.4 Å². The summed E-state index contributed by atoms with van der Waals surface area (Å²) in [5.41, 5.74) is 1.40. The van der Waals surface area contributed by atoms with Crippen molar-refractivity contribution >= 4 is 41.5 Å². The average molecular weight is 496 g/mol. The van der Waals surface area contributed by atoms with Gasteiger partial charge in [-0.3, -0.25) is 4.99 Å². The zero-order chi connectivity index (χ0) is 18.1. The second kappa shape index (κ2) is 12.0. The summed E-state index contributed by atoms with van der Waals surface area (Å²) in [5, 5.41) is 7.53. The predicted octanol–water partition coefficient (Wildman–Crippen LogP) is 4.02. The van der Waals surface area contributed by atoms with Gasteiger partial charge in [0, 0.05) is 46.0 Å². The molecule has 0 bridgehead atoms. The highest BCUT2D eigenvalue weighted by atomic mass is 127. The maximum absolute atomic E-state index is 6.08. The third kappa shape index (κ3) is 6.87. The van der Waals surface area contributed by atoms with Gasteiger partial charge >= 0.3 is 0 Å². The molecule has 1 aliphatic rings. The highest BCUT2D eigenvalue weighted by Crippen LogP contribution is 2.43. The maximum Gasteiger partial charge on any atom is 0.191 e. The van der Waals surface area contributed by atoms with Crippen molar-refractivity contribution < 1.29 is 9.47 Å². The summed E-state index contributed by atoms with van der Waals surface area (Å²) in [7, 11) is 5.26. The summed E-state index contributed by atoms with van der Waals surface area (Å²) in [6.45, 7) is 2.36. The molecule has 2 rings (SSSR count). The molecule has 0 spiro atoms. The summed E-state index contributed by atoms with van der Waals surface area (Å²) >= 11 is 6.08. The van der Waals surface area contributed by atoms with Gasteiger partial charge in [0.05, 0.1) is 6.10 Å². The molecule has 1 aliphatic carbocycles. The van der Waals surface area contributed by atoms with E-state index in [0.717, 1.165) is 31.1 Å². The zero-order valence-corrected chi connectivity index (χ0v) is 19.0. The summed E-state index contributed by atoms with van der Waals surface area (Å²) in [5.74, 6) is 0.799. The molecule has 0 saturated heterocycles. The molecule has 0 aromatic heterocycles. The van der Waals surface area contributed by atoms with E-state index in [4.69, 9.17) is 21.1 Å². The van der Waals surface area contributed by atoms with Crippen molar-refractivity contribution in [2.45, 2.75) is 31.8 Å². The van der Waals surface area contributed by atoms with Gasteiger partial charge in [-0.25, -0.2) is 0 Å². The van der Waals surface area contributed by atoms with Gasteiger partial charge in [-0.05, 0) is 42.4 Å². The van der Waals surface area contributed by atoms with Crippen LogP contribution in [0.2, 0.25) is 5.02 Å². The Morgan fingerprint density at radius 3 is 2.62 bits per heavy atom. The molecule has 0 amide bonds. The number of nitrogens with one attached hydrogen (secondary N) is 2. The minimum atomic E-state index is -0.0802. The van der Waals surface area contributed by atoms with Crippen LogP contribution in [0.4, 0.5) is 0 Å². The summed E-state index contributed by atoms with van der Waals surface area (Å²) in [4.78, 5) is 4.33. The number of nitrogens with zero attached hydrogens (tertiary/aromatic N) is 1. The third-order valence-electron chi connectivity index (χ3n) is 5.07. The van der Waals surface area contributed by atoms with E-state index >= 15 is 0 Å². The number of hydrogen-bond acceptors (Lipinski definition) is 3. The van der Waals surface area contributed by atoms with Crippen molar-refractivity contribution in [1.29, 1.82) is 0 Å². The largest absolute Gasteiger partial charge is 0.385 e. The van der Waals surface area contributed by atoms with Gasteiger partial charge in [0.15, 0.2) is 5.96 Å². The number of rotatable bonds is 9. The standard InChI is InChI=1S/C19H30ClN3O2.HI/c1-21-18(23-14-19(8-5-9-19)10-11-24-2)22-13-17(25-3)15-6-4-7-16(20)12-15;/h4,6-7,12,17H,5,8-11,13-14H2,1-3H3,(H2,21,22,23);1H. The van der Waals surface area contributed by atoms with Crippen molar-refractivity contribution in [3.05, 3.63) is 34.9 Å². The molecular formula is C19H31ClIN3O2. The van der Waals surface area contributed by atoms with Crippen LogP contribution in [0.25, 0.3) is 0 Å². The Morgan fingerprint density at radius 1 is 1.31 bits per heavy atom. The minimum Gasteiger partial charge on any atom is -0.385 e. The Morgan fingerprint density at radius 2 is 2.08 bits per heavy atom. The molecule has 1 fully saturated rings. The Bertz CT molecular complexity index is 567. The van der Waals surface area contributed by atoms with Crippen LogP contribution in [0, 0.1) is 5.41 Å². The fourth-order valence-corrected chi connectivity index (χ4v) is 3.43. The molecule has 1 aromatic rings. The van der Waals surface area contributed by atoms with E-state index in [-0.39, 0.29) is 30.1 Å². The number of methoxy groups -OCH3 is 2. The van der Waals surface area contributed by atoms with Crippen LogP contribution in [-0.4, -0.2) is 46.9 Å². The molecule has 5 nitrogen and oxygen atoms in total. The number of halogens is 2. The minimum absolute atomic E-state index is 0. The van der Waals surface area contributed by atoms with Crippen LogP contribution >= 0.6 is 35.6 Å². The SMILES string of the molecule is CN=C(NCC(OC)c1cccc(Cl)c1)NCC1(CCOC)CCC1.I. The van der Waals surface area contributed by atoms with Gasteiger partial charge < -0.3 is 20.1 Å². The number of benzene rings is 1. The van der Waals surface area contributed by atoms with Crippen LogP contribution in [0.3, 0.4) is 0 Å². The average Bonchev–Trinajstić information content (AvgIpc) is 2.59. The van der Waals surface area contributed by atoms with Crippen LogP contribution < -0.4 is 10.6 Å². The number of aliphatic imine (C=N–C) groups is 1. The van der Waals surface area contributed by atoms with Crippen molar-refractivity contribution in [1.82, 2.24) is 10.6 Å². The van der Waals surface area contributed by atoms with E-state index in [2.05, 4.69) is 15.6 Å². The second-order valence-corrected chi connectivity index (χ2v) is 7.12. The molecule has 1 atom stereocenters.